The third-order valence-electron chi connectivity index (χ3n) is 7.23. The summed E-state index contributed by atoms with van der Waals surface area (Å²) >= 11 is 3.58. The topological polar surface area (TPSA) is 153 Å². The Morgan fingerprint density at radius 2 is 1.59 bits per heavy atom. The summed E-state index contributed by atoms with van der Waals surface area (Å²) in [6.07, 6.45) is 3.10. The van der Waals surface area contributed by atoms with Crippen molar-refractivity contribution >= 4 is 40.2 Å². The van der Waals surface area contributed by atoms with Crippen molar-refractivity contribution in [1.82, 2.24) is 10.6 Å². The van der Waals surface area contributed by atoms with Gasteiger partial charge in [0, 0.05) is 12.8 Å². The van der Waals surface area contributed by atoms with Crippen LogP contribution in [0.4, 0.5) is 4.79 Å². The maximum Gasteiger partial charge on any atom is 0.407 e. The Labute approximate surface area is 278 Å². The number of nitrogens with zero attached hydrogens (tertiary/aromatic N) is 1. The molecule has 0 saturated carbocycles. The molecule has 12 heteroatoms. The molecule has 4 rings (SSSR count). The van der Waals surface area contributed by atoms with Crippen molar-refractivity contribution in [2.24, 2.45) is 11.8 Å². The predicted molar refractivity (Wildman–Crippen MR) is 174 cm³/mol. The molecule has 2 amide bonds. The molecule has 46 heavy (non-hydrogen) atoms. The second-order valence-electron chi connectivity index (χ2n) is 12.0. The number of aldehydes is 1. The van der Waals surface area contributed by atoms with Gasteiger partial charge >= 0.3 is 12.1 Å². The molecule has 2 aliphatic carbocycles. The maximum absolute atomic E-state index is 12.0. The highest BCUT2D eigenvalue weighted by Crippen LogP contribution is 2.38. The summed E-state index contributed by atoms with van der Waals surface area (Å²) < 4.78 is 22.5. The Morgan fingerprint density at radius 3 is 2.20 bits per heavy atom. The molecule has 0 fully saturated rings. The Hall–Kier alpha value is -4.11. The molecule has 2 aliphatic rings. The third kappa shape index (κ3) is 10.5. The number of rotatable bonds is 11. The van der Waals surface area contributed by atoms with Crippen molar-refractivity contribution in [1.29, 1.82) is 5.26 Å². The van der Waals surface area contributed by atoms with Gasteiger partial charge in [0.25, 0.3) is 0 Å². The monoisotopic (exact) mass is 699 g/mol. The number of alkyl carbamates (subject to hydrolysis) is 1. The zero-order valence-corrected chi connectivity index (χ0v) is 28.6. The van der Waals surface area contributed by atoms with E-state index in [1.54, 1.807) is 6.07 Å². The van der Waals surface area contributed by atoms with Crippen LogP contribution in [-0.4, -0.2) is 62.8 Å². The Kier molecular flexibility index (Phi) is 13.4. The number of hydrogen-bond donors (Lipinski definition) is 2. The van der Waals surface area contributed by atoms with Crippen molar-refractivity contribution < 1.29 is 38.1 Å². The Balaban J connectivity index is 0.000000259. The van der Waals surface area contributed by atoms with Crippen molar-refractivity contribution in [2.45, 2.75) is 65.9 Å². The Bertz CT molecular complexity index is 1460. The maximum atomic E-state index is 12.0. The largest absolute Gasteiger partial charge is 0.491 e. The van der Waals surface area contributed by atoms with E-state index in [0.717, 1.165) is 33.0 Å². The van der Waals surface area contributed by atoms with Gasteiger partial charge in [-0.1, -0.05) is 12.1 Å². The molecular formula is C34H42BrN3O8. The van der Waals surface area contributed by atoms with Crippen LogP contribution in [0.2, 0.25) is 0 Å². The molecule has 2 atom stereocenters. The molecule has 0 aliphatic heterocycles. The lowest BCUT2D eigenvalue weighted by atomic mass is 10.0. The summed E-state index contributed by atoms with van der Waals surface area (Å²) in [7, 11) is 0. The van der Waals surface area contributed by atoms with E-state index in [1.165, 1.54) is 6.92 Å². The number of ether oxygens (including phenoxy) is 4. The van der Waals surface area contributed by atoms with E-state index in [-0.39, 0.29) is 23.7 Å². The summed E-state index contributed by atoms with van der Waals surface area (Å²) in [5.41, 5.74) is 4.17. The molecule has 0 saturated heterocycles. The van der Waals surface area contributed by atoms with Gasteiger partial charge in [-0.15, -0.1) is 0 Å². The molecule has 2 N–H and O–H groups in total. The minimum absolute atomic E-state index is 0.0354. The summed E-state index contributed by atoms with van der Waals surface area (Å²) in [5, 5.41) is 14.6. The van der Waals surface area contributed by atoms with Crippen molar-refractivity contribution in [3.8, 4) is 17.6 Å². The van der Waals surface area contributed by atoms with Gasteiger partial charge in [-0.05, 0) is 104 Å². The summed E-state index contributed by atoms with van der Waals surface area (Å²) in [5.74, 6) is 0.774. The van der Waals surface area contributed by atoms with E-state index in [4.69, 9.17) is 18.9 Å². The van der Waals surface area contributed by atoms with Gasteiger partial charge in [-0.3, -0.25) is 9.59 Å². The molecule has 0 radical (unpaired) electrons. The first-order valence-electron chi connectivity index (χ1n) is 15.3. The summed E-state index contributed by atoms with van der Waals surface area (Å²) in [6, 6.07) is 9.70. The van der Waals surface area contributed by atoms with Crippen molar-refractivity contribution in [2.75, 3.05) is 32.9 Å². The normalized spacial score (nSPS) is 16.0. The molecular weight excluding hydrogens is 658 g/mol. The number of nitrogens with one attached hydrogen (secondary N) is 2. The zero-order chi connectivity index (χ0) is 33.9. The van der Waals surface area contributed by atoms with Crippen LogP contribution in [0.25, 0.3) is 0 Å². The van der Waals surface area contributed by atoms with Crippen LogP contribution in [0.3, 0.4) is 0 Å². The van der Waals surface area contributed by atoms with Crippen LogP contribution in [0.1, 0.15) is 62.4 Å². The van der Waals surface area contributed by atoms with E-state index in [1.807, 2.05) is 45.9 Å². The summed E-state index contributed by atoms with van der Waals surface area (Å²) in [6.45, 7) is 10.5. The van der Waals surface area contributed by atoms with Crippen LogP contribution in [0, 0.1) is 23.2 Å². The molecule has 2 aromatic rings. The highest BCUT2D eigenvalue weighted by molar-refractivity contribution is 9.10. The fraction of sp³-hybridized carbons (Fsp3) is 0.500. The number of benzene rings is 2. The molecule has 2 unspecified atom stereocenters. The molecule has 248 valence electrons. The van der Waals surface area contributed by atoms with Gasteiger partial charge in [-0.2, -0.15) is 5.26 Å². The van der Waals surface area contributed by atoms with E-state index in [0.29, 0.717) is 75.7 Å². The Morgan fingerprint density at radius 1 is 0.957 bits per heavy atom. The van der Waals surface area contributed by atoms with Gasteiger partial charge in [0.05, 0.1) is 35.7 Å². The highest BCUT2D eigenvalue weighted by atomic mass is 79.9. The highest BCUT2D eigenvalue weighted by Gasteiger charge is 2.31. The first kappa shape index (κ1) is 36.4. The minimum Gasteiger partial charge on any atom is -0.491 e. The second kappa shape index (κ2) is 17.0. The number of fused-ring (bicyclic) bond motifs is 2. The van der Waals surface area contributed by atoms with Crippen LogP contribution in [0.15, 0.2) is 28.7 Å². The van der Waals surface area contributed by atoms with Crippen LogP contribution < -0.4 is 20.1 Å². The number of nitriles is 1. The van der Waals surface area contributed by atoms with Crippen LogP contribution in [0.5, 0.6) is 11.5 Å². The van der Waals surface area contributed by atoms with Gasteiger partial charge < -0.3 is 34.4 Å². The van der Waals surface area contributed by atoms with Crippen molar-refractivity contribution in [3.63, 3.8) is 0 Å². The molecule has 0 aromatic heterocycles. The summed E-state index contributed by atoms with van der Waals surface area (Å²) in [4.78, 5) is 45.2. The molecule has 0 spiro atoms. The first-order chi connectivity index (χ1) is 21.9. The lowest BCUT2D eigenvalue weighted by molar-refractivity contribution is -0.147. The average Bonchev–Trinajstić information content (AvgIpc) is 3.63. The molecule has 11 nitrogen and oxygen atoms in total. The van der Waals surface area contributed by atoms with Crippen LogP contribution in [-0.2, 0) is 49.5 Å². The lowest BCUT2D eigenvalue weighted by Gasteiger charge is -2.19. The fourth-order valence-corrected chi connectivity index (χ4v) is 5.90. The molecule has 2 aromatic carbocycles. The van der Waals surface area contributed by atoms with Gasteiger partial charge in [-0.25, -0.2) is 4.79 Å². The number of halogens is 1. The van der Waals surface area contributed by atoms with E-state index >= 15 is 0 Å². The van der Waals surface area contributed by atoms with Crippen LogP contribution >= 0.6 is 15.9 Å². The SMILES string of the molecule is CC(=O)NCCOc1ccc2c(c1C#N)CC(C=O)C2.CCOC(=O)C1Cc2ccc(OCCNC(=O)OC(C)(C)C)c(Br)c2C1. The van der Waals surface area contributed by atoms with E-state index in [2.05, 4.69) is 32.6 Å². The standard InChI is InChI=1S/C19H26BrNO5.C15H16N2O3/c1-5-24-17(22)13-10-12-6-7-15(16(20)14(12)11-13)25-9-8-21-18(23)26-19(2,3)4;1-10(19)17-4-5-20-15-3-2-12-6-11(9-18)7-13(12)14(15)8-16/h6-7,13H,5,8-11H2,1-4H3,(H,21,23);2-3,9,11H,4-7H2,1H3,(H,17,19). The van der Waals surface area contributed by atoms with Gasteiger partial charge in [0.15, 0.2) is 0 Å². The smallest absolute Gasteiger partial charge is 0.407 e. The quantitative estimate of drug-likeness (QED) is 0.194. The third-order valence-corrected chi connectivity index (χ3v) is 8.10. The predicted octanol–water partition coefficient (Wildman–Crippen LogP) is 4.62. The average molecular weight is 701 g/mol. The molecule has 0 bridgehead atoms. The molecule has 0 heterocycles. The lowest BCUT2D eigenvalue weighted by Crippen LogP contribution is -2.34. The van der Waals surface area contributed by atoms with Gasteiger partial charge in [0.1, 0.15) is 42.7 Å². The zero-order valence-electron chi connectivity index (χ0n) is 27.0. The number of carbonyl (C=O) groups excluding carboxylic acids is 4. The number of carbonyl (C=O) groups is 4. The van der Waals surface area contributed by atoms with E-state index in [9.17, 15) is 24.4 Å². The number of hydrogen-bond acceptors (Lipinski definition) is 9. The first-order valence-corrected chi connectivity index (χ1v) is 16.1. The second-order valence-corrected chi connectivity index (χ2v) is 12.8. The van der Waals surface area contributed by atoms with E-state index < -0.39 is 11.7 Å². The van der Waals surface area contributed by atoms with Crippen molar-refractivity contribution in [3.05, 3.63) is 56.6 Å². The fourth-order valence-electron chi connectivity index (χ4n) is 5.24. The minimum atomic E-state index is -0.524. The number of amides is 2. The van der Waals surface area contributed by atoms with Gasteiger partial charge in [0.2, 0.25) is 5.91 Å². The number of esters is 1.